The van der Waals surface area contributed by atoms with Gasteiger partial charge in [0, 0.05) is 30.9 Å². The van der Waals surface area contributed by atoms with E-state index in [2.05, 4.69) is 5.32 Å². The summed E-state index contributed by atoms with van der Waals surface area (Å²) in [5.41, 5.74) is 0.681. The molecule has 1 aromatic rings. The first-order chi connectivity index (χ1) is 9.42. The van der Waals surface area contributed by atoms with Crippen LogP contribution in [0.4, 0.5) is 11.4 Å². The maximum absolute atomic E-state index is 12.5. The molecule has 0 atom stereocenters. The van der Waals surface area contributed by atoms with E-state index in [0.717, 1.165) is 0 Å². The summed E-state index contributed by atoms with van der Waals surface area (Å²) in [6.07, 6.45) is 0. The molecule has 0 aliphatic heterocycles. The summed E-state index contributed by atoms with van der Waals surface area (Å²) in [5, 5.41) is 14.2. The van der Waals surface area contributed by atoms with Crippen LogP contribution in [0.1, 0.15) is 38.1 Å². The molecule has 20 heavy (non-hydrogen) atoms. The normalized spacial score (nSPS) is 10.4. The Labute approximate surface area is 118 Å². The van der Waals surface area contributed by atoms with Gasteiger partial charge in [0.1, 0.15) is 5.56 Å². The largest absolute Gasteiger partial charge is 0.385 e. The van der Waals surface area contributed by atoms with Gasteiger partial charge in [-0.05, 0) is 39.8 Å². The van der Waals surface area contributed by atoms with E-state index in [9.17, 15) is 14.9 Å². The fraction of sp³-hybridized carbons (Fsp3) is 0.500. The molecule has 0 aliphatic carbocycles. The Morgan fingerprint density at radius 2 is 2.05 bits per heavy atom. The molecule has 0 fully saturated rings. The molecule has 1 aromatic carbocycles. The summed E-state index contributed by atoms with van der Waals surface area (Å²) >= 11 is 0. The number of nitro benzene ring substituents is 1. The minimum Gasteiger partial charge on any atom is -0.385 e. The van der Waals surface area contributed by atoms with Crippen molar-refractivity contribution >= 4 is 17.3 Å². The number of hydrogen-bond acceptors (Lipinski definition) is 4. The lowest BCUT2D eigenvalue weighted by atomic mass is 10.1. The SMILES string of the molecule is CCNc1ccc([N+](=O)[O-])c(C(=O)N(CC)C(C)C)c1. The van der Waals surface area contributed by atoms with Crippen LogP contribution >= 0.6 is 0 Å². The van der Waals surface area contributed by atoms with Gasteiger partial charge in [0.05, 0.1) is 4.92 Å². The number of carbonyl (C=O) groups is 1. The number of carbonyl (C=O) groups excluding carboxylic acids is 1. The maximum atomic E-state index is 12.5. The molecule has 0 bridgehead atoms. The van der Waals surface area contributed by atoms with E-state index in [1.807, 2.05) is 27.7 Å². The van der Waals surface area contributed by atoms with Crippen LogP contribution in [-0.4, -0.2) is 34.9 Å². The van der Waals surface area contributed by atoms with Crippen LogP contribution in [0.25, 0.3) is 0 Å². The third kappa shape index (κ3) is 3.46. The van der Waals surface area contributed by atoms with E-state index in [0.29, 0.717) is 18.8 Å². The minimum atomic E-state index is -0.517. The molecular formula is C14H21N3O3. The van der Waals surface area contributed by atoms with Crippen LogP contribution < -0.4 is 5.32 Å². The second-order valence-electron chi connectivity index (χ2n) is 4.70. The first-order valence-corrected chi connectivity index (χ1v) is 6.75. The standard InChI is InChI=1S/C14H21N3O3/c1-5-15-11-7-8-13(17(19)20)12(9-11)14(18)16(6-2)10(3)4/h7-10,15H,5-6H2,1-4H3. The first-order valence-electron chi connectivity index (χ1n) is 6.75. The quantitative estimate of drug-likeness (QED) is 0.641. The van der Waals surface area contributed by atoms with E-state index in [1.165, 1.54) is 6.07 Å². The van der Waals surface area contributed by atoms with Gasteiger partial charge in [-0.2, -0.15) is 0 Å². The summed E-state index contributed by atoms with van der Waals surface area (Å²) in [5.74, 6) is -0.311. The van der Waals surface area contributed by atoms with Gasteiger partial charge >= 0.3 is 0 Å². The zero-order valence-corrected chi connectivity index (χ0v) is 12.3. The van der Waals surface area contributed by atoms with Crippen molar-refractivity contribution in [3.8, 4) is 0 Å². The Morgan fingerprint density at radius 3 is 2.50 bits per heavy atom. The second kappa shape index (κ2) is 6.88. The Kier molecular flexibility index (Phi) is 5.49. The molecule has 0 saturated heterocycles. The smallest absolute Gasteiger partial charge is 0.282 e. The minimum absolute atomic E-state index is 0.00473. The Balaban J connectivity index is 3.27. The average Bonchev–Trinajstić information content (AvgIpc) is 2.39. The third-order valence-corrected chi connectivity index (χ3v) is 3.03. The molecule has 1 rings (SSSR count). The third-order valence-electron chi connectivity index (χ3n) is 3.03. The number of benzene rings is 1. The number of hydrogen-bond donors (Lipinski definition) is 1. The predicted molar refractivity (Wildman–Crippen MR) is 79.1 cm³/mol. The van der Waals surface area contributed by atoms with Crippen molar-refractivity contribution in [2.75, 3.05) is 18.4 Å². The number of amides is 1. The highest BCUT2D eigenvalue weighted by atomic mass is 16.6. The average molecular weight is 279 g/mol. The lowest BCUT2D eigenvalue weighted by molar-refractivity contribution is -0.385. The summed E-state index contributed by atoms with van der Waals surface area (Å²) in [6.45, 7) is 8.77. The zero-order chi connectivity index (χ0) is 15.3. The van der Waals surface area contributed by atoms with Gasteiger partial charge in [0.15, 0.2) is 0 Å². The van der Waals surface area contributed by atoms with Gasteiger partial charge in [-0.3, -0.25) is 14.9 Å². The van der Waals surface area contributed by atoms with Gasteiger partial charge < -0.3 is 10.2 Å². The molecule has 1 N–H and O–H groups in total. The highest BCUT2D eigenvalue weighted by Crippen LogP contribution is 2.24. The molecule has 6 nitrogen and oxygen atoms in total. The fourth-order valence-electron chi connectivity index (χ4n) is 2.08. The van der Waals surface area contributed by atoms with E-state index < -0.39 is 4.92 Å². The van der Waals surface area contributed by atoms with Crippen molar-refractivity contribution in [1.29, 1.82) is 0 Å². The molecule has 110 valence electrons. The Hall–Kier alpha value is -2.11. The van der Waals surface area contributed by atoms with Gasteiger partial charge in [-0.25, -0.2) is 0 Å². The second-order valence-corrected chi connectivity index (χ2v) is 4.70. The summed E-state index contributed by atoms with van der Waals surface area (Å²) in [4.78, 5) is 24.7. The van der Waals surface area contributed by atoms with Crippen molar-refractivity contribution in [2.24, 2.45) is 0 Å². The highest BCUT2D eigenvalue weighted by molar-refractivity contribution is 5.99. The number of anilines is 1. The monoisotopic (exact) mass is 279 g/mol. The molecule has 0 aliphatic rings. The molecule has 0 unspecified atom stereocenters. The van der Waals surface area contributed by atoms with Gasteiger partial charge in [-0.1, -0.05) is 0 Å². The summed E-state index contributed by atoms with van der Waals surface area (Å²) < 4.78 is 0. The van der Waals surface area contributed by atoms with Crippen LogP contribution in [0.5, 0.6) is 0 Å². The molecule has 6 heteroatoms. The van der Waals surface area contributed by atoms with Crippen molar-refractivity contribution in [2.45, 2.75) is 33.7 Å². The van der Waals surface area contributed by atoms with E-state index in [-0.39, 0.29) is 23.2 Å². The topological polar surface area (TPSA) is 75.5 Å². The van der Waals surface area contributed by atoms with Crippen LogP contribution in [0, 0.1) is 10.1 Å². The predicted octanol–water partition coefficient (Wildman–Crippen LogP) is 2.90. The lowest BCUT2D eigenvalue weighted by Gasteiger charge is -2.25. The van der Waals surface area contributed by atoms with Gasteiger partial charge in [-0.15, -0.1) is 0 Å². The Bertz CT molecular complexity index is 500. The number of nitrogens with zero attached hydrogens (tertiary/aromatic N) is 2. The van der Waals surface area contributed by atoms with Gasteiger partial charge in [0.25, 0.3) is 11.6 Å². The number of nitro groups is 1. The fourth-order valence-corrected chi connectivity index (χ4v) is 2.08. The molecule has 0 aromatic heterocycles. The lowest BCUT2D eigenvalue weighted by Crippen LogP contribution is -2.37. The van der Waals surface area contributed by atoms with E-state index in [4.69, 9.17) is 0 Å². The zero-order valence-electron chi connectivity index (χ0n) is 12.3. The molecular weight excluding hydrogens is 258 g/mol. The first kappa shape index (κ1) is 15.9. The van der Waals surface area contributed by atoms with Crippen molar-refractivity contribution in [1.82, 2.24) is 4.90 Å². The Morgan fingerprint density at radius 1 is 1.40 bits per heavy atom. The van der Waals surface area contributed by atoms with E-state index >= 15 is 0 Å². The number of rotatable bonds is 6. The van der Waals surface area contributed by atoms with Crippen LogP contribution in [-0.2, 0) is 0 Å². The molecule has 0 radical (unpaired) electrons. The van der Waals surface area contributed by atoms with Crippen LogP contribution in [0.15, 0.2) is 18.2 Å². The van der Waals surface area contributed by atoms with E-state index in [1.54, 1.807) is 17.0 Å². The maximum Gasteiger partial charge on any atom is 0.282 e. The van der Waals surface area contributed by atoms with Gasteiger partial charge in [0.2, 0.25) is 0 Å². The molecule has 0 heterocycles. The number of nitrogens with one attached hydrogen (secondary N) is 1. The van der Waals surface area contributed by atoms with Crippen molar-refractivity contribution in [3.05, 3.63) is 33.9 Å². The summed E-state index contributed by atoms with van der Waals surface area (Å²) in [7, 11) is 0. The van der Waals surface area contributed by atoms with Crippen LogP contribution in [0.3, 0.4) is 0 Å². The molecule has 1 amide bonds. The molecule has 0 saturated carbocycles. The molecule has 0 spiro atoms. The summed E-state index contributed by atoms with van der Waals surface area (Å²) in [6, 6.07) is 4.54. The van der Waals surface area contributed by atoms with Crippen molar-refractivity contribution in [3.63, 3.8) is 0 Å². The van der Waals surface area contributed by atoms with Crippen molar-refractivity contribution < 1.29 is 9.72 Å². The highest BCUT2D eigenvalue weighted by Gasteiger charge is 2.25. The van der Waals surface area contributed by atoms with Crippen LogP contribution in [0.2, 0.25) is 0 Å².